The van der Waals surface area contributed by atoms with Gasteiger partial charge in [-0.15, -0.1) is 0 Å². The zero-order chi connectivity index (χ0) is 16.4. The van der Waals surface area contributed by atoms with Gasteiger partial charge in [-0.2, -0.15) is 0 Å². The predicted molar refractivity (Wildman–Crippen MR) is 99.7 cm³/mol. The topological polar surface area (TPSA) is 49.4 Å². The summed E-state index contributed by atoms with van der Waals surface area (Å²) in [5, 5.41) is 2.88. The van der Waals surface area contributed by atoms with Crippen LogP contribution in [-0.4, -0.2) is 18.9 Å². The number of para-hydroxylation sites is 1. The molecular weight excluding hydrogens is 403 g/mol. The van der Waals surface area contributed by atoms with Crippen LogP contribution in [0.1, 0.15) is 23.2 Å². The Balaban J connectivity index is 1.82. The Morgan fingerprint density at radius 2 is 1.74 bits per heavy atom. The fourth-order valence-corrected chi connectivity index (χ4v) is 2.77. The van der Waals surface area contributed by atoms with Gasteiger partial charge in [-0.1, -0.05) is 12.1 Å². The third-order valence-electron chi connectivity index (χ3n) is 3.87. The number of nitrogens with zero attached hydrogens (tertiary/aromatic N) is 1. The van der Waals surface area contributed by atoms with Crippen molar-refractivity contribution in [1.29, 1.82) is 0 Å². The molecular formula is C18H17IN2O2. The van der Waals surface area contributed by atoms with Gasteiger partial charge < -0.3 is 10.2 Å². The summed E-state index contributed by atoms with van der Waals surface area (Å²) in [6.07, 6.45) is 1.89. The van der Waals surface area contributed by atoms with E-state index in [9.17, 15) is 9.59 Å². The fraction of sp³-hybridized carbons (Fsp3) is 0.222. The maximum atomic E-state index is 12.6. The fourth-order valence-electron chi connectivity index (χ4n) is 2.41. The van der Waals surface area contributed by atoms with Gasteiger partial charge in [0.05, 0.1) is 11.3 Å². The van der Waals surface area contributed by atoms with Crippen LogP contribution in [0.25, 0.3) is 0 Å². The third-order valence-corrected chi connectivity index (χ3v) is 4.59. The van der Waals surface area contributed by atoms with E-state index in [1.165, 1.54) is 0 Å². The van der Waals surface area contributed by atoms with Crippen molar-refractivity contribution in [3.05, 3.63) is 57.7 Å². The molecule has 2 aromatic carbocycles. The lowest BCUT2D eigenvalue weighted by molar-refractivity contribution is -0.119. The van der Waals surface area contributed by atoms with E-state index in [1.54, 1.807) is 18.0 Å². The summed E-state index contributed by atoms with van der Waals surface area (Å²) >= 11 is 2.22. The molecule has 3 rings (SSSR count). The molecule has 118 valence electrons. The summed E-state index contributed by atoms with van der Waals surface area (Å²) in [6, 6.07) is 14.8. The van der Waals surface area contributed by atoms with Crippen LogP contribution in [0.2, 0.25) is 0 Å². The van der Waals surface area contributed by atoms with Crippen molar-refractivity contribution >= 4 is 45.8 Å². The minimum atomic E-state index is -0.211. The van der Waals surface area contributed by atoms with E-state index in [4.69, 9.17) is 0 Å². The molecule has 4 nitrogen and oxygen atoms in total. The zero-order valence-electron chi connectivity index (χ0n) is 12.8. The maximum Gasteiger partial charge on any atom is 0.257 e. The molecule has 2 aromatic rings. The normalized spacial score (nSPS) is 13.5. The highest BCUT2D eigenvalue weighted by Gasteiger charge is 2.33. The Hall–Kier alpha value is -1.89. The van der Waals surface area contributed by atoms with Crippen LogP contribution >= 0.6 is 22.6 Å². The average molecular weight is 420 g/mol. The third kappa shape index (κ3) is 3.72. The van der Waals surface area contributed by atoms with Crippen molar-refractivity contribution in [3.8, 4) is 0 Å². The molecule has 0 bridgehead atoms. The minimum absolute atomic E-state index is 0.0829. The van der Waals surface area contributed by atoms with E-state index in [0.717, 1.165) is 22.1 Å². The van der Waals surface area contributed by atoms with Gasteiger partial charge in [-0.05, 0) is 71.8 Å². The van der Waals surface area contributed by atoms with Gasteiger partial charge in [0.15, 0.2) is 0 Å². The molecule has 5 heteroatoms. The zero-order valence-corrected chi connectivity index (χ0v) is 14.9. The molecule has 0 unspecified atom stereocenters. The maximum absolute atomic E-state index is 12.6. The second-order valence-corrected chi connectivity index (χ2v) is 6.90. The second-order valence-electron chi connectivity index (χ2n) is 5.65. The molecule has 0 atom stereocenters. The van der Waals surface area contributed by atoms with Crippen molar-refractivity contribution in [3.63, 3.8) is 0 Å². The molecule has 1 aliphatic carbocycles. The van der Waals surface area contributed by atoms with Gasteiger partial charge >= 0.3 is 0 Å². The SMILES string of the molecule is CN(C(=O)C1CC1)c1ccccc1C(=O)Nc1ccc(I)cc1. The molecule has 0 spiro atoms. The van der Waals surface area contributed by atoms with E-state index in [-0.39, 0.29) is 17.7 Å². The molecule has 2 amide bonds. The highest BCUT2D eigenvalue weighted by atomic mass is 127. The number of rotatable bonds is 4. The summed E-state index contributed by atoms with van der Waals surface area (Å²) in [5.74, 6) is -0.0101. The number of halogens is 1. The first-order valence-electron chi connectivity index (χ1n) is 7.50. The van der Waals surface area contributed by atoms with Crippen LogP contribution in [0.5, 0.6) is 0 Å². The van der Waals surface area contributed by atoms with Gasteiger partial charge in [0.25, 0.3) is 5.91 Å². The standard InChI is InChI=1S/C18H17IN2O2/c1-21(18(23)12-6-7-12)16-5-3-2-4-15(16)17(22)20-14-10-8-13(19)9-11-14/h2-5,8-12H,6-7H2,1H3,(H,20,22). The molecule has 1 aliphatic rings. The molecule has 1 N–H and O–H groups in total. The Morgan fingerprint density at radius 1 is 1.09 bits per heavy atom. The molecule has 0 heterocycles. The highest BCUT2D eigenvalue weighted by Crippen LogP contribution is 2.33. The van der Waals surface area contributed by atoms with E-state index in [2.05, 4.69) is 27.9 Å². The van der Waals surface area contributed by atoms with Crippen LogP contribution in [0, 0.1) is 9.49 Å². The van der Waals surface area contributed by atoms with Gasteiger partial charge in [0, 0.05) is 22.2 Å². The number of amides is 2. The quantitative estimate of drug-likeness (QED) is 0.763. The Morgan fingerprint density at radius 3 is 2.39 bits per heavy atom. The van der Waals surface area contributed by atoms with Crippen LogP contribution < -0.4 is 10.2 Å². The molecule has 0 radical (unpaired) electrons. The smallest absolute Gasteiger partial charge is 0.257 e. The number of nitrogens with one attached hydrogen (secondary N) is 1. The number of anilines is 2. The summed E-state index contributed by atoms with van der Waals surface area (Å²) in [6.45, 7) is 0. The number of benzene rings is 2. The van der Waals surface area contributed by atoms with E-state index in [0.29, 0.717) is 11.3 Å². The molecule has 0 aromatic heterocycles. The van der Waals surface area contributed by atoms with Crippen LogP contribution in [0.15, 0.2) is 48.5 Å². The largest absolute Gasteiger partial charge is 0.322 e. The van der Waals surface area contributed by atoms with E-state index in [1.807, 2.05) is 42.5 Å². The summed E-state index contributed by atoms with van der Waals surface area (Å²) in [4.78, 5) is 26.4. The summed E-state index contributed by atoms with van der Waals surface area (Å²) in [7, 11) is 1.73. The Labute approximate surface area is 149 Å². The van der Waals surface area contributed by atoms with E-state index >= 15 is 0 Å². The Kier molecular flexibility index (Phi) is 4.66. The van der Waals surface area contributed by atoms with E-state index < -0.39 is 0 Å². The second kappa shape index (κ2) is 6.70. The molecule has 0 saturated heterocycles. The van der Waals surface area contributed by atoms with Gasteiger partial charge in [-0.3, -0.25) is 9.59 Å². The van der Waals surface area contributed by atoms with Gasteiger partial charge in [0.1, 0.15) is 0 Å². The van der Waals surface area contributed by atoms with Crippen LogP contribution in [-0.2, 0) is 4.79 Å². The van der Waals surface area contributed by atoms with Gasteiger partial charge in [-0.25, -0.2) is 0 Å². The number of carbonyl (C=O) groups excluding carboxylic acids is 2. The van der Waals surface area contributed by atoms with Crippen molar-refractivity contribution in [2.45, 2.75) is 12.8 Å². The number of carbonyl (C=O) groups is 2. The summed E-state index contributed by atoms with van der Waals surface area (Å²) < 4.78 is 1.11. The van der Waals surface area contributed by atoms with Crippen molar-refractivity contribution in [1.82, 2.24) is 0 Å². The van der Waals surface area contributed by atoms with Crippen molar-refractivity contribution in [2.75, 3.05) is 17.3 Å². The first-order valence-corrected chi connectivity index (χ1v) is 8.57. The lowest BCUT2D eigenvalue weighted by Crippen LogP contribution is -2.29. The van der Waals surface area contributed by atoms with Gasteiger partial charge in [0.2, 0.25) is 5.91 Å². The first kappa shape index (κ1) is 16.0. The van der Waals surface area contributed by atoms with Crippen molar-refractivity contribution < 1.29 is 9.59 Å². The van der Waals surface area contributed by atoms with Crippen molar-refractivity contribution in [2.24, 2.45) is 5.92 Å². The molecule has 0 aliphatic heterocycles. The predicted octanol–water partition coefficient (Wildman–Crippen LogP) is 3.92. The monoisotopic (exact) mass is 420 g/mol. The number of hydrogen-bond acceptors (Lipinski definition) is 2. The number of hydrogen-bond donors (Lipinski definition) is 1. The minimum Gasteiger partial charge on any atom is -0.322 e. The highest BCUT2D eigenvalue weighted by molar-refractivity contribution is 14.1. The molecule has 1 fully saturated rings. The lowest BCUT2D eigenvalue weighted by atomic mass is 10.1. The van der Waals surface area contributed by atoms with Crippen LogP contribution in [0.3, 0.4) is 0 Å². The Bertz CT molecular complexity index is 739. The average Bonchev–Trinajstić information content (AvgIpc) is 3.40. The summed E-state index contributed by atoms with van der Waals surface area (Å²) in [5.41, 5.74) is 1.89. The van der Waals surface area contributed by atoms with Crippen LogP contribution in [0.4, 0.5) is 11.4 Å². The first-order chi connectivity index (χ1) is 11.1. The lowest BCUT2D eigenvalue weighted by Gasteiger charge is -2.20. The molecule has 1 saturated carbocycles. The molecule has 23 heavy (non-hydrogen) atoms.